The van der Waals surface area contributed by atoms with Crippen molar-refractivity contribution in [3.05, 3.63) is 0 Å². The molecule has 0 spiro atoms. The molecule has 0 fully saturated rings. The quantitative estimate of drug-likeness (QED) is 0.252. The molecule has 1 unspecified atom stereocenters. The maximum Gasteiger partial charge on any atom is -0.0417 e. The lowest BCUT2D eigenvalue weighted by Gasteiger charge is -2.18. The van der Waals surface area contributed by atoms with E-state index < -0.39 is 0 Å². The maximum atomic E-state index is 2.47. The van der Waals surface area contributed by atoms with Gasteiger partial charge >= 0.3 is 0 Å². The van der Waals surface area contributed by atoms with Crippen LogP contribution in [0.2, 0.25) is 0 Å². The molecule has 21 heavy (non-hydrogen) atoms. The largest absolute Gasteiger partial charge is 0.0654 e. The van der Waals surface area contributed by atoms with Crippen molar-refractivity contribution in [2.45, 2.75) is 124 Å². The van der Waals surface area contributed by atoms with Crippen LogP contribution in [0.5, 0.6) is 0 Å². The van der Waals surface area contributed by atoms with Crippen LogP contribution in [0.3, 0.4) is 0 Å². The summed E-state index contributed by atoms with van der Waals surface area (Å²) >= 11 is 0. The molecule has 0 N–H and O–H groups in total. The van der Waals surface area contributed by atoms with Crippen molar-refractivity contribution in [2.75, 3.05) is 0 Å². The van der Waals surface area contributed by atoms with Crippen LogP contribution in [0.4, 0.5) is 0 Å². The van der Waals surface area contributed by atoms with Gasteiger partial charge in [0.15, 0.2) is 0 Å². The smallest absolute Gasteiger partial charge is 0.0417 e. The van der Waals surface area contributed by atoms with Crippen LogP contribution in [-0.4, -0.2) is 0 Å². The molecule has 0 saturated heterocycles. The summed E-state index contributed by atoms with van der Waals surface area (Å²) in [7, 11) is 0. The van der Waals surface area contributed by atoms with Gasteiger partial charge in [-0.15, -0.1) is 0 Å². The average Bonchev–Trinajstić information content (AvgIpc) is 2.50. The van der Waals surface area contributed by atoms with E-state index in [0.29, 0.717) is 0 Å². The SMILES string of the molecule is CCCCCCCCCCCCCC(C)CC(CC)CC. The van der Waals surface area contributed by atoms with Gasteiger partial charge in [-0.2, -0.15) is 0 Å². The highest BCUT2D eigenvalue weighted by molar-refractivity contribution is 4.61. The molecule has 0 aliphatic heterocycles. The van der Waals surface area contributed by atoms with E-state index in [9.17, 15) is 0 Å². The zero-order chi connectivity index (χ0) is 15.8. The van der Waals surface area contributed by atoms with Crippen molar-refractivity contribution in [3.8, 4) is 0 Å². The van der Waals surface area contributed by atoms with Crippen LogP contribution in [0.15, 0.2) is 0 Å². The van der Waals surface area contributed by atoms with Gasteiger partial charge in [-0.3, -0.25) is 0 Å². The predicted octanol–water partition coefficient (Wildman–Crippen LogP) is 8.15. The zero-order valence-electron chi connectivity index (χ0n) is 15.8. The van der Waals surface area contributed by atoms with Crippen molar-refractivity contribution in [1.82, 2.24) is 0 Å². The lowest BCUT2D eigenvalue weighted by atomic mass is 9.88. The summed E-state index contributed by atoms with van der Waals surface area (Å²) in [5.41, 5.74) is 0. The molecule has 0 rings (SSSR count). The van der Waals surface area contributed by atoms with Gasteiger partial charge in [0.05, 0.1) is 0 Å². The van der Waals surface area contributed by atoms with Crippen LogP contribution in [0.1, 0.15) is 124 Å². The van der Waals surface area contributed by atoms with Gasteiger partial charge in [-0.05, 0) is 18.3 Å². The first-order chi connectivity index (χ1) is 10.2. The van der Waals surface area contributed by atoms with E-state index in [4.69, 9.17) is 0 Å². The molecule has 1 atom stereocenters. The summed E-state index contributed by atoms with van der Waals surface area (Å²) in [6.45, 7) is 9.46. The summed E-state index contributed by atoms with van der Waals surface area (Å²) < 4.78 is 0. The van der Waals surface area contributed by atoms with E-state index in [1.165, 1.54) is 96.3 Å². The second-order valence-electron chi connectivity index (χ2n) is 7.35. The van der Waals surface area contributed by atoms with Gasteiger partial charge in [-0.1, -0.05) is 118 Å². The fraction of sp³-hybridized carbons (Fsp3) is 1.00. The second kappa shape index (κ2) is 16.4. The van der Waals surface area contributed by atoms with Crippen LogP contribution in [0.25, 0.3) is 0 Å². The fourth-order valence-corrected chi connectivity index (χ4v) is 3.47. The summed E-state index contributed by atoms with van der Waals surface area (Å²) in [5, 5.41) is 0. The standard InChI is InChI=1S/C21H44/c1-5-8-9-10-11-12-13-14-15-16-17-18-20(4)19-21(6-2)7-3/h20-21H,5-19H2,1-4H3. The number of unbranched alkanes of at least 4 members (excludes halogenated alkanes) is 10. The van der Waals surface area contributed by atoms with E-state index in [0.717, 1.165) is 11.8 Å². The van der Waals surface area contributed by atoms with E-state index >= 15 is 0 Å². The Balaban J connectivity index is 3.21. The highest BCUT2D eigenvalue weighted by Gasteiger charge is 2.09. The second-order valence-corrected chi connectivity index (χ2v) is 7.35. The molecule has 0 heterocycles. The van der Waals surface area contributed by atoms with Crippen LogP contribution < -0.4 is 0 Å². The number of hydrogen-bond donors (Lipinski definition) is 0. The first-order valence-electron chi connectivity index (χ1n) is 10.2. The minimum atomic E-state index is 0.952. The van der Waals surface area contributed by atoms with E-state index in [1.807, 2.05) is 0 Å². The third-order valence-corrected chi connectivity index (χ3v) is 5.19. The third-order valence-electron chi connectivity index (χ3n) is 5.19. The van der Waals surface area contributed by atoms with Crippen molar-refractivity contribution in [2.24, 2.45) is 11.8 Å². The monoisotopic (exact) mass is 296 g/mol. The highest BCUT2D eigenvalue weighted by Crippen LogP contribution is 2.23. The molecule has 0 aliphatic rings. The Morgan fingerprint density at radius 2 is 1.00 bits per heavy atom. The molecule has 0 heteroatoms. The number of rotatable bonds is 16. The molecule has 0 nitrogen and oxygen atoms in total. The van der Waals surface area contributed by atoms with Crippen LogP contribution in [0, 0.1) is 11.8 Å². The Hall–Kier alpha value is 0. The minimum absolute atomic E-state index is 0.952. The van der Waals surface area contributed by atoms with Gasteiger partial charge in [0.2, 0.25) is 0 Å². The Morgan fingerprint density at radius 3 is 1.43 bits per heavy atom. The Bertz CT molecular complexity index is 180. The highest BCUT2D eigenvalue weighted by atomic mass is 14.1. The Morgan fingerprint density at radius 1 is 0.571 bits per heavy atom. The summed E-state index contributed by atoms with van der Waals surface area (Å²) in [4.78, 5) is 0. The molecule has 0 aromatic carbocycles. The van der Waals surface area contributed by atoms with Crippen LogP contribution >= 0.6 is 0 Å². The number of hydrogen-bond acceptors (Lipinski definition) is 0. The summed E-state index contributed by atoms with van der Waals surface area (Å²) in [5.74, 6) is 1.93. The fourth-order valence-electron chi connectivity index (χ4n) is 3.47. The lowest BCUT2D eigenvalue weighted by molar-refractivity contribution is 0.347. The first kappa shape index (κ1) is 21.0. The lowest BCUT2D eigenvalue weighted by Crippen LogP contribution is -2.04. The Kier molecular flexibility index (Phi) is 16.4. The maximum absolute atomic E-state index is 2.47. The van der Waals surface area contributed by atoms with Gasteiger partial charge in [-0.25, -0.2) is 0 Å². The predicted molar refractivity (Wildman–Crippen MR) is 98.9 cm³/mol. The normalized spacial score (nSPS) is 13.0. The van der Waals surface area contributed by atoms with Gasteiger partial charge < -0.3 is 0 Å². The van der Waals surface area contributed by atoms with Gasteiger partial charge in [0.25, 0.3) is 0 Å². The summed E-state index contributed by atoms with van der Waals surface area (Å²) in [6, 6.07) is 0. The third kappa shape index (κ3) is 14.7. The molecule has 0 aromatic heterocycles. The van der Waals surface area contributed by atoms with Crippen LogP contribution in [-0.2, 0) is 0 Å². The molecule has 0 aliphatic carbocycles. The molecule has 0 radical (unpaired) electrons. The van der Waals surface area contributed by atoms with E-state index in [2.05, 4.69) is 27.7 Å². The average molecular weight is 297 g/mol. The zero-order valence-corrected chi connectivity index (χ0v) is 15.8. The van der Waals surface area contributed by atoms with E-state index in [-0.39, 0.29) is 0 Å². The van der Waals surface area contributed by atoms with E-state index in [1.54, 1.807) is 0 Å². The van der Waals surface area contributed by atoms with Crippen molar-refractivity contribution in [1.29, 1.82) is 0 Å². The molecule has 128 valence electrons. The Labute approximate surface area is 136 Å². The van der Waals surface area contributed by atoms with Gasteiger partial charge in [0, 0.05) is 0 Å². The minimum Gasteiger partial charge on any atom is -0.0654 e. The van der Waals surface area contributed by atoms with Crippen molar-refractivity contribution < 1.29 is 0 Å². The molecule has 0 bridgehead atoms. The molecular formula is C21H44. The summed E-state index contributed by atoms with van der Waals surface area (Å²) in [6.07, 6.45) is 21.8. The molecule has 0 saturated carbocycles. The molecular weight excluding hydrogens is 252 g/mol. The van der Waals surface area contributed by atoms with Crippen molar-refractivity contribution >= 4 is 0 Å². The topological polar surface area (TPSA) is 0 Å². The molecule has 0 aromatic rings. The van der Waals surface area contributed by atoms with Crippen molar-refractivity contribution in [3.63, 3.8) is 0 Å². The molecule has 0 amide bonds. The first-order valence-corrected chi connectivity index (χ1v) is 10.2. The van der Waals surface area contributed by atoms with Gasteiger partial charge in [0.1, 0.15) is 0 Å².